The van der Waals surface area contributed by atoms with E-state index in [0.29, 0.717) is 6.61 Å². The van der Waals surface area contributed by atoms with Gasteiger partial charge in [-0.1, -0.05) is 110 Å². The van der Waals surface area contributed by atoms with Crippen molar-refractivity contribution in [1.82, 2.24) is 0 Å². The van der Waals surface area contributed by atoms with E-state index in [2.05, 4.69) is 61.2 Å². The highest BCUT2D eigenvalue weighted by Gasteiger charge is 2.33. The molecule has 0 aromatic heterocycles. The third kappa shape index (κ3) is 4.87. The number of esters is 1. The molecule has 28 heavy (non-hydrogen) atoms. The fourth-order valence-electron chi connectivity index (χ4n) is 3.58. The van der Waals surface area contributed by atoms with Crippen molar-refractivity contribution in [2.24, 2.45) is 0 Å². The van der Waals surface area contributed by atoms with Crippen molar-refractivity contribution < 1.29 is 9.53 Å². The van der Waals surface area contributed by atoms with Crippen molar-refractivity contribution >= 4 is 24.4 Å². The molecule has 2 nitrogen and oxygen atoms in total. The molecule has 0 unspecified atom stereocenters. The van der Waals surface area contributed by atoms with E-state index >= 15 is 0 Å². The predicted molar refractivity (Wildman–Crippen MR) is 118 cm³/mol. The van der Waals surface area contributed by atoms with Gasteiger partial charge in [0, 0.05) is 6.08 Å². The summed E-state index contributed by atoms with van der Waals surface area (Å²) in [6.45, 7) is 2.50. The van der Waals surface area contributed by atoms with E-state index in [0.717, 1.165) is 18.0 Å². The van der Waals surface area contributed by atoms with Crippen molar-refractivity contribution in [2.45, 2.75) is 26.0 Å². The summed E-state index contributed by atoms with van der Waals surface area (Å²) in [7, 11) is -2.20. The molecule has 142 valence electrons. The summed E-state index contributed by atoms with van der Waals surface area (Å²) in [5, 5.41) is 2.63. The minimum Gasteiger partial charge on any atom is -0.458 e. The Kier molecular flexibility index (Phi) is 6.98. The zero-order valence-electron chi connectivity index (χ0n) is 16.3. The fraction of sp³-hybridized carbons (Fsp3) is 0.160. The van der Waals surface area contributed by atoms with Crippen LogP contribution in [0.15, 0.2) is 103 Å². The molecule has 0 bridgehead atoms. The molecular formula is C25H26O2Si. The van der Waals surface area contributed by atoms with Gasteiger partial charge in [-0.2, -0.15) is 0 Å². The fourth-order valence-corrected chi connectivity index (χ4v) is 7.83. The van der Waals surface area contributed by atoms with Crippen molar-refractivity contribution in [3.8, 4) is 0 Å². The number of rotatable bonds is 8. The minimum atomic E-state index is -2.20. The third-order valence-corrected chi connectivity index (χ3v) is 9.70. The van der Waals surface area contributed by atoms with Gasteiger partial charge in [-0.15, -0.1) is 0 Å². The minimum absolute atomic E-state index is 0.288. The molecule has 0 amide bonds. The van der Waals surface area contributed by atoms with Gasteiger partial charge >= 0.3 is 5.97 Å². The molecule has 0 radical (unpaired) electrons. The van der Waals surface area contributed by atoms with Crippen molar-refractivity contribution in [3.63, 3.8) is 0 Å². The number of hydrogen-bond acceptors (Lipinski definition) is 2. The number of ether oxygens (including phenoxy) is 1. The Hall–Kier alpha value is -2.91. The summed E-state index contributed by atoms with van der Waals surface area (Å²) in [6, 6.07) is 32.0. The molecule has 3 heteroatoms. The topological polar surface area (TPSA) is 26.3 Å². The summed E-state index contributed by atoms with van der Waals surface area (Å²) in [4.78, 5) is 12.4. The first-order valence-electron chi connectivity index (χ1n) is 9.75. The second-order valence-electron chi connectivity index (χ2n) is 6.88. The Bertz CT molecular complexity index is 850. The highest BCUT2D eigenvalue weighted by atomic mass is 28.3. The van der Waals surface area contributed by atoms with Crippen LogP contribution in [-0.4, -0.2) is 14.0 Å². The van der Waals surface area contributed by atoms with Gasteiger partial charge in [0.05, 0.1) is 0 Å². The van der Waals surface area contributed by atoms with E-state index < -0.39 is 8.07 Å². The van der Waals surface area contributed by atoms with Gasteiger partial charge in [-0.25, -0.2) is 4.79 Å². The average Bonchev–Trinajstić information content (AvgIpc) is 2.77. The molecular weight excluding hydrogens is 360 g/mol. The standard InChI is InChI=1S/C25H26O2Si/c1-2-19-28(23-14-8-4-9-15-23,24-16-10-5-11-17-24)20-18-25(26)27-21-22-12-6-3-7-13-22/h3-18,20H,2,19,21H2,1H3/b20-18+. The molecule has 0 atom stereocenters. The van der Waals surface area contributed by atoms with E-state index in [1.807, 2.05) is 42.5 Å². The van der Waals surface area contributed by atoms with Crippen LogP contribution < -0.4 is 10.4 Å². The van der Waals surface area contributed by atoms with Crippen molar-refractivity contribution in [1.29, 1.82) is 0 Å². The van der Waals surface area contributed by atoms with Crippen LogP contribution >= 0.6 is 0 Å². The number of carbonyl (C=O) groups excluding carboxylic acids is 1. The van der Waals surface area contributed by atoms with Crippen LogP contribution in [0.4, 0.5) is 0 Å². The van der Waals surface area contributed by atoms with E-state index in [1.165, 1.54) is 10.4 Å². The quantitative estimate of drug-likeness (QED) is 0.324. The van der Waals surface area contributed by atoms with E-state index in [1.54, 1.807) is 6.08 Å². The molecule has 3 aromatic carbocycles. The van der Waals surface area contributed by atoms with Crippen LogP contribution in [0.2, 0.25) is 6.04 Å². The van der Waals surface area contributed by atoms with E-state index in [-0.39, 0.29) is 5.97 Å². The molecule has 3 aromatic rings. The molecule has 0 spiro atoms. The van der Waals surface area contributed by atoms with E-state index in [9.17, 15) is 4.79 Å². The zero-order chi connectivity index (χ0) is 19.7. The second kappa shape index (κ2) is 9.86. The molecule has 0 aliphatic carbocycles. The zero-order valence-corrected chi connectivity index (χ0v) is 17.3. The summed E-state index contributed by atoms with van der Waals surface area (Å²) >= 11 is 0. The first kappa shape index (κ1) is 19.8. The lowest BCUT2D eigenvalue weighted by molar-refractivity contribution is -0.139. The normalized spacial score (nSPS) is 11.5. The van der Waals surface area contributed by atoms with Crippen LogP contribution in [0.5, 0.6) is 0 Å². The molecule has 0 N–H and O–H groups in total. The molecule has 0 aliphatic rings. The Morgan fingerprint density at radius 2 is 1.32 bits per heavy atom. The van der Waals surface area contributed by atoms with Crippen LogP contribution in [0.1, 0.15) is 18.9 Å². The molecule has 3 rings (SSSR count). The lowest BCUT2D eigenvalue weighted by atomic mass is 10.2. The maximum absolute atomic E-state index is 12.4. The number of benzene rings is 3. The van der Waals surface area contributed by atoms with Crippen LogP contribution in [0, 0.1) is 0 Å². The maximum atomic E-state index is 12.4. The highest BCUT2D eigenvalue weighted by molar-refractivity contribution is 7.06. The second-order valence-corrected chi connectivity index (χ2v) is 10.8. The van der Waals surface area contributed by atoms with E-state index in [4.69, 9.17) is 4.74 Å². The summed E-state index contributed by atoms with van der Waals surface area (Å²) < 4.78 is 5.47. The van der Waals surface area contributed by atoms with Gasteiger partial charge in [-0.3, -0.25) is 0 Å². The van der Waals surface area contributed by atoms with Gasteiger partial charge in [0.25, 0.3) is 0 Å². The third-order valence-electron chi connectivity index (χ3n) is 4.95. The first-order chi connectivity index (χ1) is 13.7. The number of hydrogen-bond donors (Lipinski definition) is 0. The monoisotopic (exact) mass is 386 g/mol. The predicted octanol–water partition coefficient (Wildman–Crippen LogP) is 4.50. The summed E-state index contributed by atoms with van der Waals surface area (Å²) in [5.41, 5.74) is 3.14. The summed E-state index contributed by atoms with van der Waals surface area (Å²) in [5.74, 6) is -0.288. The lowest BCUT2D eigenvalue weighted by Crippen LogP contribution is -2.57. The van der Waals surface area contributed by atoms with Crippen molar-refractivity contribution in [3.05, 3.63) is 108 Å². The van der Waals surface area contributed by atoms with Gasteiger partial charge < -0.3 is 4.74 Å². The lowest BCUT2D eigenvalue weighted by Gasteiger charge is -2.29. The molecule has 0 heterocycles. The molecule has 0 saturated heterocycles. The van der Waals surface area contributed by atoms with Gasteiger partial charge in [0.2, 0.25) is 0 Å². The van der Waals surface area contributed by atoms with Crippen LogP contribution in [0.3, 0.4) is 0 Å². The Balaban J connectivity index is 1.88. The van der Waals surface area contributed by atoms with Gasteiger partial charge in [-0.05, 0) is 22.0 Å². The van der Waals surface area contributed by atoms with Gasteiger partial charge in [0.1, 0.15) is 14.7 Å². The molecule has 0 aliphatic heterocycles. The summed E-state index contributed by atoms with van der Waals surface area (Å²) in [6.07, 6.45) is 2.70. The molecule has 0 fully saturated rings. The Labute approximate surface area is 168 Å². The van der Waals surface area contributed by atoms with Crippen LogP contribution in [-0.2, 0) is 16.1 Å². The Morgan fingerprint density at radius 1 is 0.821 bits per heavy atom. The largest absolute Gasteiger partial charge is 0.458 e. The first-order valence-corrected chi connectivity index (χ1v) is 12.0. The van der Waals surface area contributed by atoms with Crippen molar-refractivity contribution in [2.75, 3.05) is 0 Å². The highest BCUT2D eigenvalue weighted by Crippen LogP contribution is 2.16. The average molecular weight is 387 g/mol. The maximum Gasteiger partial charge on any atom is 0.330 e. The molecule has 0 saturated carbocycles. The smallest absolute Gasteiger partial charge is 0.330 e. The van der Waals surface area contributed by atoms with Crippen LogP contribution in [0.25, 0.3) is 0 Å². The number of carbonyl (C=O) groups is 1. The SMILES string of the molecule is CCC[Si](/C=C/C(=O)OCc1ccccc1)(c1ccccc1)c1ccccc1. The Morgan fingerprint density at radius 3 is 1.82 bits per heavy atom. The van der Waals surface area contributed by atoms with Gasteiger partial charge in [0.15, 0.2) is 0 Å².